The van der Waals surface area contributed by atoms with Crippen molar-refractivity contribution in [2.24, 2.45) is 0 Å². The van der Waals surface area contributed by atoms with E-state index >= 15 is 0 Å². The lowest BCUT2D eigenvalue weighted by Gasteiger charge is -2.09. The monoisotopic (exact) mass is 594 g/mol. The minimum atomic E-state index is -0.160. The summed E-state index contributed by atoms with van der Waals surface area (Å²) in [5.41, 5.74) is 0. The number of carbonyl (C=O) groups excluding carboxylic acids is 2. The lowest BCUT2D eigenvalue weighted by atomic mass is 10.1. The van der Waals surface area contributed by atoms with Crippen molar-refractivity contribution in [2.75, 3.05) is 106 Å². The highest BCUT2D eigenvalue weighted by molar-refractivity contribution is 5.69. The molecule has 0 aliphatic carbocycles. The van der Waals surface area contributed by atoms with E-state index in [1.165, 1.54) is 19.3 Å². The van der Waals surface area contributed by atoms with E-state index in [9.17, 15) is 9.59 Å². The molecule has 0 saturated heterocycles. The fraction of sp³-hybridized carbons (Fsp3) is 0.933. The summed E-state index contributed by atoms with van der Waals surface area (Å²) in [5.74, 6) is -0.308. The van der Waals surface area contributed by atoms with Crippen LogP contribution in [0.5, 0.6) is 0 Å². The predicted molar refractivity (Wildman–Crippen MR) is 155 cm³/mol. The van der Waals surface area contributed by atoms with Crippen molar-refractivity contribution >= 4 is 11.9 Å². The van der Waals surface area contributed by atoms with Gasteiger partial charge in [0.2, 0.25) is 0 Å². The third-order valence-corrected chi connectivity index (χ3v) is 5.68. The van der Waals surface area contributed by atoms with Gasteiger partial charge in [0.05, 0.1) is 92.5 Å². The van der Waals surface area contributed by atoms with E-state index in [0.29, 0.717) is 105 Å². The fourth-order valence-corrected chi connectivity index (χ4v) is 3.39. The standard InChI is InChI=1S/C30H58O11/c1-3-5-7-8-10-12-30(32)41-28-26-39-24-22-37-20-18-35-16-14-33-13-15-34-17-19-36-21-23-38-25-27-40-29(31)11-9-6-4-2/h3-28H2,1-2H3. The summed E-state index contributed by atoms with van der Waals surface area (Å²) in [6.45, 7) is 11.3. The Morgan fingerprint density at radius 1 is 0.341 bits per heavy atom. The quantitative estimate of drug-likeness (QED) is 0.0791. The van der Waals surface area contributed by atoms with Crippen molar-refractivity contribution in [2.45, 2.75) is 78.1 Å². The first kappa shape index (κ1) is 39.7. The molecule has 0 fully saturated rings. The summed E-state index contributed by atoms with van der Waals surface area (Å²) in [5, 5.41) is 0. The van der Waals surface area contributed by atoms with Gasteiger partial charge < -0.3 is 42.6 Å². The highest BCUT2D eigenvalue weighted by Gasteiger charge is 2.03. The first-order chi connectivity index (χ1) is 20.2. The Morgan fingerprint density at radius 2 is 0.585 bits per heavy atom. The number of carbonyl (C=O) groups is 2. The van der Waals surface area contributed by atoms with Crippen molar-refractivity contribution < 1.29 is 52.2 Å². The van der Waals surface area contributed by atoms with E-state index in [4.69, 9.17) is 42.6 Å². The maximum Gasteiger partial charge on any atom is 0.305 e. The van der Waals surface area contributed by atoms with Crippen molar-refractivity contribution in [3.05, 3.63) is 0 Å². The molecule has 0 aromatic carbocycles. The van der Waals surface area contributed by atoms with E-state index in [-0.39, 0.29) is 25.2 Å². The van der Waals surface area contributed by atoms with E-state index in [1.807, 2.05) is 0 Å². The van der Waals surface area contributed by atoms with Crippen LogP contribution in [0.3, 0.4) is 0 Å². The first-order valence-electron chi connectivity index (χ1n) is 15.6. The lowest BCUT2D eigenvalue weighted by Crippen LogP contribution is -2.15. The molecule has 0 aliphatic rings. The van der Waals surface area contributed by atoms with Crippen LogP contribution >= 0.6 is 0 Å². The molecule has 11 heteroatoms. The second kappa shape index (κ2) is 34.9. The molecule has 0 aromatic rings. The summed E-state index contributed by atoms with van der Waals surface area (Å²) < 4.78 is 48.2. The van der Waals surface area contributed by atoms with Crippen LogP contribution in [0.4, 0.5) is 0 Å². The van der Waals surface area contributed by atoms with Gasteiger partial charge in [-0.25, -0.2) is 0 Å². The second-order valence-electron chi connectivity index (χ2n) is 9.35. The molecule has 0 rings (SSSR count). The fourth-order valence-electron chi connectivity index (χ4n) is 3.39. The van der Waals surface area contributed by atoms with Crippen LogP contribution in [0.25, 0.3) is 0 Å². The molecule has 0 unspecified atom stereocenters. The van der Waals surface area contributed by atoms with Crippen LogP contribution in [-0.4, -0.2) is 118 Å². The highest BCUT2D eigenvalue weighted by Crippen LogP contribution is 2.05. The van der Waals surface area contributed by atoms with Gasteiger partial charge in [-0.15, -0.1) is 0 Å². The molecule has 0 saturated carbocycles. The largest absolute Gasteiger partial charge is 0.463 e. The maximum absolute atomic E-state index is 11.6. The molecule has 0 heterocycles. The predicted octanol–water partition coefficient (Wildman–Crippen LogP) is 4.13. The Labute approximate surface area is 248 Å². The van der Waals surface area contributed by atoms with Crippen molar-refractivity contribution in [1.82, 2.24) is 0 Å². The number of ether oxygens (including phenoxy) is 9. The van der Waals surface area contributed by atoms with Gasteiger partial charge in [0.1, 0.15) is 13.2 Å². The Balaban J connectivity index is 3.13. The number of rotatable bonds is 34. The smallest absolute Gasteiger partial charge is 0.305 e. The van der Waals surface area contributed by atoms with Crippen molar-refractivity contribution in [3.63, 3.8) is 0 Å². The first-order valence-corrected chi connectivity index (χ1v) is 15.6. The summed E-state index contributed by atoms with van der Waals surface area (Å²) in [6.07, 6.45) is 9.57. The van der Waals surface area contributed by atoms with Gasteiger partial charge >= 0.3 is 11.9 Å². The van der Waals surface area contributed by atoms with Gasteiger partial charge in [-0.3, -0.25) is 9.59 Å². The van der Waals surface area contributed by atoms with Gasteiger partial charge in [0, 0.05) is 12.8 Å². The number of unbranched alkanes of at least 4 members (excludes halogenated alkanes) is 6. The summed E-state index contributed by atoms with van der Waals surface area (Å²) in [7, 11) is 0. The number of hydrogen-bond acceptors (Lipinski definition) is 11. The van der Waals surface area contributed by atoms with Crippen LogP contribution in [0.15, 0.2) is 0 Å². The number of esters is 2. The molecule has 0 amide bonds. The lowest BCUT2D eigenvalue weighted by molar-refractivity contribution is -0.146. The van der Waals surface area contributed by atoms with Crippen LogP contribution in [-0.2, 0) is 52.2 Å². The maximum atomic E-state index is 11.6. The molecule has 0 N–H and O–H groups in total. The van der Waals surface area contributed by atoms with Gasteiger partial charge in [0.15, 0.2) is 0 Å². The molecule has 244 valence electrons. The van der Waals surface area contributed by atoms with Crippen LogP contribution < -0.4 is 0 Å². The Morgan fingerprint density at radius 3 is 0.902 bits per heavy atom. The molecule has 0 atom stereocenters. The molecular weight excluding hydrogens is 536 g/mol. The zero-order valence-electron chi connectivity index (χ0n) is 25.9. The third kappa shape index (κ3) is 34.8. The molecule has 0 radical (unpaired) electrons. The summed E-state index contributed by atoms with van der Waals surface area (Å²) in [4.78, 5) is 23.0. The van der Waals surface area contributed by atoms with E-state index in [1.54, 1.807) is 0 Å². The molecular formula is C30H58O11. The minimum Gasteiger partial charge on any atom is -0.463 e. The minimum absolute atomic E-state index is 0.148. The Bertz CT molecular complexity index is 549. The molecule has 0 spiro atoms. The van der Waals surface area contributed by atoms with Gasteiger partial charge in [0.25, 0.3) is 0 Å². The van der Waals surface area contributed by atoms with E-state index in [2.05, 4.69) is 13.8 Å². The van der Waals surface area contributed by atoms with Crippen molar-refractivity contribution in [1.29, 1.82) is 0 Å². The molecule has 11 nitrogen and oxygen atoms in total. The van der Waals surface area contributed by atoms with Crippen molar-refractivity contribution in [3.8, 4) is 0 Å². The van der Waals surface area contributed by atoms with E-state index in [0.717, 1.165) is 32.1 Å². The third-order valence-electron chi connectivity index (χ3n) is 5.68. The normalized spacial score (nSPS) is 11.2. The van der Waals surface area contributed by atoms with Crippen LogP contribution in [0.1, 0.15) is 78.1 Å². The zero-order valence-corrected chi connectivity index (χ0v) is 25.9. The molecule has 0 bridgehead atoms. The Kier molecular flexibility index (Phi) is 33.7. The summed E-state index contributed by atoms with van der Waals surface area (Å²) in [6, 6.07) is 0. The van der Waals surface area contributed by atoms with E-state index < -0.39 is 0 Å². The molecule has 0 aliphatic heterocycles. The van der Waals surface area contributed by atoms with Gasteiger partial charge in [-0.2, -0.15) is 0 Å². The SMILES string of the molecule is CCCCCCCC(=O)OCCOCCOCCOCCOCCOCCOCCOCCOC(=O)CCCCC. The average Bonchev–Trinajstić information content (AvgIpc) is 2.97. The van der Waals surface area contributed by atoms with Crippen LogP contribution in [0, 0.1) is 0 Å². The highest BCUT2D eigenvalue weighted by atomic mass is 16.6. The topological polar surface area (TPSA) is 117 Å². The zero-order chi connectivity index (χ0) is 29.9. The number of hydrogen-bond donors (Lipinski definition) is 0. The van der Waals surface area contributed by atoms with Crippen LogP contribution in [0.2, 0.25) is 0 Å². The Hall–Kier alpha value is -1.34. The second-order valence-corrected chi connectivity index (χ2v) is 9.35. The summed E-state index contributed by atoms with van der Waals surface area (Å²) >= 11 is 0. The molecule has 0 aromatic heterocycles. The van der Waals surface area contributed by atoms with Gasteiger partial charge in [-0.05, 0) is 12.8 Å². The molecule has 41 heavy (non-hydrogen) atoms. The average molecular weight is 595 g/mol. The van der Waals surface area contributed by atoms with Gasteiger partial charge in [-0.1, -0.05) is 52.4 Å².